The largest absolute Gasteiger partial charge is 0.462 e. The maximum atomic E-state index is 15.3. The molecule has 0 unspecified atom stereocenters. The first-order valence-corrected chi connectivity index (χ1v) is 48.9. The number of hydrogen-bond donors (Lipinski definition) is 0. The Labute approximate surface area is 821 Å². The van der Waals surface area contributed by atoms with E-state index in [2.05, 4.69) is 0 Å². The molecule has 0 radical (unpaired) electrons. The fourth-order valence-electron chi connectivity index (χ4n) is 17.9. The second-order valence-corrected chi connectivity index (χ2v) is 42.2. The number of hydrogen-bond acceptors (Lipinski definition) is 28. The predicted octanol–water partition coefficient (Wildman–Crippen LogP) is 20.1. The number of carbonyl (C=O) groups excluding carboxylic acids is 14. The van der Waals surface area contributed by atoms with Crippen molar-refractivity contribution in [3.63, 3.8) is 0 Å². The Bertz CT molecular complexity index is 4760. The van der Waals surface area contributed by atoms with E-state index in [0.29, 0.717) is 78.0 Å². The molecule has 0 fully saturated rings. The van der Waals surface area contributed by atoms with Crippen molar-refractivity contribution in [3.8, 4) is 0 Å². The molecule has 28 nitrogen and oxygen atoms in total. The van der Waals surface area contributed by atoms with Crippen LogP contribution in [0.4, 0.5) is 0 Å². The van der Waals surface area contributed by atoms with E-state index in [4.69, 9.17) is 66.3 Å². The highest BCUT2D eigenvalue weighted by atomic mass is 16.6. The van der Waals surface area contributed by atoms with Gasteiger partial charge >= 0.3 is 83.6 Å². The first-order valence-electron chi connectivity index (χ1n) is 48.9. The fraction of sp³-hybridized carbons (Fsp3) is 0.604. The van der Waals surface area contributed by atoms with Crippen LogP contribution in [0.1, 0.15) is 311 Å². The second-order valence-electron chi connectivity index (χ2n) is 42.2. The highest BCUT2D eigenvalue weighted by Crippen LogP contribution is 2.56. The molecule has 7 rings (SSSR count). The molecule has 0 heterocycles. The van der Waals surface area contributed by atoms with Gasteiger partial charge in [-0.05, 0) is 389 Å². The van der Waals surface area contributed by atoms with Gasteiger partial charge in [-0.15, -0.1) is 0 Å². The van der Waals surface area contributed by atoms with E-state index >= 15 is 28.8 Å². The van der Waals surface area contributed by atoms with Gasteiger partial charge in [-0.3, -0.25) is 67.1 Å². The first-order chi connectivity index (χ1) is 64.6. The lowest BCUT2D eigenvalue weighted by molar-refractivity contribution is -0.178. The third-order valence-electron chi connectivity index (χ3n) is 23.9. The zero-order valence-electron chi connectivity index (χ0n) is 88.0. The van der Waals surface area contributed by atoms with Crippen molar-refractivity contribution in [3.05, 3.63) is 174 Å². The van der Waals surface area contributed by atoms with E-state index in [1.165, 1.54) is 0 Å². The first kappa shape index (κ1) is 115. The molecule has 0 atom stereocenters. The zero-order chi connectivity index (χ0) is 105. The minimum atomic E-state index is -2.11. The summed E-state index contributed by atoms with van der Waals surface area (Å²) in [6.45, 7) is 53.6. The molecule has 0 aliphatic heterocycles. The van der Waals surface area contributed by atoms with Crippen LogP contribution in [0.15, 0.2) is 174 Å². The van der Waals surface area contributed by atoms with Gasteiger partial charge < -0.3 is 66.3 Å². The number of ether oxygens (including phenoxy) is 14. The van der Waals surface area contributed by atoms with Crippen LogP contribution in [0.5, 0.6) is 0 Å². The summed E-state index contributed by atoms with van der Waals surface area (Å²) in [6, 6.07) is 0. The molecule has 0 saturated heterocycles. The molecule has 0 aromatic carbocycles. The summed E-state index contributed by atoms with van der Waals surface area (Å²) < 4.78 is 83.1. The van der Waals surface area contributed by atoms with Gasteiger partial charge in [0.1, 0.15) is 0 Å². The molecular weight excluding hydrogens is 1780 g/mol. The van der Waals surface area contributed by atoms with Crippen LogP contribution in [0.2, 0.25) is 0 Å². The van der Waals surface area contributed by atoms with Gasteiger partial charge in [0.05, 0.1) is 85.5 Å². The van der Waals surface area contributed by atoms with Gasteiger partial charge in [-0.25, -0.2) is 0 Å². The van der Waals surface area contributed by atoms with Crippen LogP contribution < -0.4 is 0 Å². The lowest BCUT2D eigenvalue weighted by Crippen LogP contribution is -2.42. The number of carbonyl (C=O) groups is 14. The molecule has 0 bridgehead atoms. The lowest BCUT2D eigenvalue weighted by Gasteiger charge is -2.27. The molecule has 28 heteroatoms. The number of allylic oxidation sites excluding steroid dienone is 30. The average molecular weight is 1930 g/mol. The van der Waals surface area contributed by atoms with Gasteiger partial charge in [0.25, 0.3) is 0 Å². The Hall–Kier alpha value is -11.3. The predicted molar refractivity (Wildman–Crippen MR) is 522 cm³/mol. The third-order valence-corrected chi connectivity index (χ3v) is 23.9. The van der Waals surface area contributed by atoms with Crippen molar-refractivity contribution < 1.29 is 133 Å². The monoisotopic (exact) mass is 1930 g/mol. The van der Waals surface area contributed by atoms with Crippen molar-refractivity contribution in [1.82, 2.24) is 0 Å². The van der Waals surface area contributed by atoms with Crippen molar-refractivity contribution >= 4 is 83.6 Å². The van der Waals surface area contributed by atoms with Crippen molar-refractivity contribution in [2.24, 2.45) is 37.9 Å². The molecule has 7 aliphatic rings. The molecular formula is C111H152O28. The summed E-state index contributed by atoms with van der Waals surface area (Å²) in [5.41, 5.74) is -6.33. The highest BCUT2D eigenvalue weighted by Gasteiger charge is 2.62. The SMILES string of the molecule is CC(C)=CC1=C(/C=C\C2=C(C=CC3=C(/C=C/C4=C(/C=C/C5=C(C=CC6=C(/C=C/C7=C(C=C(C)C)CC(C(=O)OC(C)C)(C(=O)OC(C)C)C7)CC(C(=O)OC(C)C)(C(=O)OC(C)C)C6)CC(C(=O)OC(C)C)(C(=O)OC(C)C)C5)CC(C(=O)OC(C)C)(C(=O)OC(C)C)C4)CC(C(=O)OC(C)C)(C(=O)OC(C)C)C3)CC(C(=O)OC(C)C)(C(=O)OC(C)C)C2)CC(C(=O)OC(C)C)(C(=O)OC(C)C)C1. The maximum absolute atomic E-state index is 15.3. The maximum Gasteiger partial charge on any atom is 0.324 e. The van der Waals surface area contributed by atoms with E-state index in [1.54, 1.807) is 267 Å². The molecule has 7 aliphatic carbocycles. The smallest absolute Gasteiger partial charge is 0.324 e. The Morgan fingerprint density at radius 1 is 0.151 bits per heavy atom. The van der Waals surface area contributed by atoms with Gasteiger partial charge in [-0.1, -0.05) is 96.2 Å². The Morgan fingerprint density at radius 3 is 0.295 bits per heavy atom. The summed E-state index contributed by atoms with van der Waals surface area (Å²) in [5, 5.41) is 0. The van der Waals surface area contributed by atoms with Crippen molar-refractivity contribution in [2.45, 2.75) is 397 Å². The molecule has 764 valence electrons. The summed E-state index contributed by atoms with van der Waals surface area (Å²) >= 11 is 0. The highest BCUT2D eigenvalue weighted by molar-refractivity contribution is 6.07. The van der Waals surface area contributed by atoms with Crippen LogP contribution in [-0.2, 0) is 133 Å². The van der Waals surface area contributed by atoms with Crippen LogP contribution in [-0.4, -0.2) is 169 Å². The topological polar surface area (TPSA) is 368 Å². The van der Waals surface area contributed by atoms with Gasteiger partial charge in [0, 0.05) is 0 Å². The molecule has 0 N–H and O–H groups in total. The normalized spacial score (nSPS) is 18.9. The second kappa shape index (κ2) is 47.8. The fourth-order valence-corrected chi connectivity index (χ4v) is 17.9. The minimum absolute atomic E-state index is 0.0882. The number of rotatable bonds is 42. The van der Waals surface area contributed by atoms with E-state index < -0.39 is 207 Å². The van der Waals surface area contributed by atoms with Gasteiger partial charge in [0.15, 0.2) is 37.9 Å². The Morgan fingerprint density at radius 2 is 0.223 bits per heavy atom. The summed E-state index contributed by atoms with van der Waals surface area (Å²) in [7, 11) is 0. The molecule has 0 aromatic rings. The van der Waals surface area contributed by atoms with Gasteiger partial charge in [-0.2, -0.15) is 0 Å². The average Bonchev–Trinajstić information content (AvgIpc) is 1.59. The molecule has 139 heavy (non-hydrogen) atoms. The summed E-state index contributed by atoms with van der Waals surface area (Å²) in [4.78, 5) is 209. The quantitative estimate of drug-likeness (QED) is 0.0311. The van der Waals surface area contributed by atoms with E-state index in [1.807, 2.05) is 39.8 Å². The molecule has 0 aromatic heterocycles. The Balaban J connectivity index is 1.61. The van der Waals surface area contributed by atoms with E-state index in [-0.39, 0.29) is 89.9 Å². The van der Waals surface area contributed by atoms with Crippen molar-refractivity contribution in [1.29, 1.82) is 0 Å². The van der Waals surface area contributed by atoms with E-state index in [9.17, 15) is 38.4 Å². The molecule has 0 saturated carbocycles. The lowest BCUT2D eigenvalue weighted by atomic mass is 9.82. The van der Waals surface area contributed by atoms with Crippen LogP contribution >= 0.6 is 0 Å². The van der Waals surface area contributed by atoms with Crippen LogP contribution in [0, 0.1) is 37.9 Å². The molecule has 0 amide bonds. The summed E-state index contributed by atoms with van der Waals surface area (Å²) in [6.07, 6.45) is 10.2. The van der Waals surface area contributed by atoms with Crippen molar-refractivity contribution in [2.75, 3.05) is 0 Å². The minimum Gasteiger partial charge on any atom is -0.462 e. The van der Waals surface area contributed by atoms with Gasteiger partial charge in [0.2, 0.25) is 0 Å². The van der Waals surface area contributed by atoms with Crippen LogP contribution in [0.3, 0.4) is 0 Å². The molecule has 0 spiro atoms. The van der Waals surface area contributed by atoms with Crippen LogP contribution in [0.25, 0.3) is 0 Å². The standard InChI is InChI=1S/C111H152O28/c1-61(2)45-89-59-110(101(122)136-73(25)26,102(123)137-74(27)28)57-87(89)43-41-85-55-108(97(118)132-69(17)18,98(119)133-70(19)20)53-83(85)39-37-81-51-106(93(114)128-65(9)10,94(115)129-66(11)12)49-79(81)35-33-77-47-105(91(112)126-63(5)6,92(113)127-64(7)8)48-78(77)34-36-80-50-107(95(116)130-67(13)14,96(117)131-68(15)16)52-82(80)38-40-84-54-109(99(120)134-71(21)22,100(121)135-72(23)24)56-86(84)42-44-88-58-111(103(124)138-75(29)30,104(125)139-76(31)32)60-90(88)46-62(3)4/h33-46,63-76H,47-60H2,1-32H3/b35-33+,36-34+,39-37?,40-38?,43-41-,44-42+. The summed E-state index contributed by atoms with van der Waals surface area (Å²) in [5.74, 6) is -12.2. The third kappa shape index (κ3) is 28.1. The van der Waals surface area contributed by atoms with E-state index in [0.717, 1.165) is 11.1 Å². The Kier molecular flexibility index (Phi) is 39.4. The number of esters is 14. The zero-order valence-corrected chi connectivity index (χ0v) is 88.0.